The van der Waals surface area contributed by atoms with Crippen molar-refractivity contribution in [2.24, 2.45) is 5.41 Å². The van der Waals surface area contributed by atoms with Gasteiger partial charge in [0.15, 0.2) is 0 Å². The largest absolute Gasteiger partial charge is 0.345 e. The van der Waals surface area contributed by atoms with Crippen molar-refractivity contribution in [3.63, 3.8) is 0 Å². The fourth-order valence-electron chi connectivity index (χ4n) is 2.73. The third kappa shape index (κ3) is 1.35. The second kappa shape index (κ2) is 2.98. The van der Waals surface area contributed by atoms with Gasteiger partial charge in [-0.2, -0.15) is 0 Å². The molecule has 0 aliphatic carbocycles. The molecule has 2 aliphatic heterocycles. The van der Waals surface area contributed by atoms with E-state index in [0.29, 0.717) is 5.91 Å². The van der Waals surface area contributed by atoms with Crippen LogP contribution in [0.2, 0.25) is 0 Å². The first-order valence-electron chi connectivity index (χ1n) is 5.08. The van der Waals surface area contributed by atoms with E-state index < -0.39 is 0 Å². The zero-order valence-corrected chi connectivity index (χ0v) is 8.55. The first-order chi connectivity index (χ1) is 6.14. The number of rotatable bonds is 0. The van der Waals surface area contributed by atoms with Crippen LogP contribution in [0.1, 0.15) is 19.3 Å². The van der Waals surface area contributed by atoms with Crippen molar-refractivity contribution in [3.05, 3.63) is 0 Å². The summed E-state index contributed by atoms with van der Waals surface area (Å²) >= 11 is 0. The Hall–Kier alpha value is -0.570. The molecule has 2 saturated heterocycles. The molecule has 0 aromatic rings. The van der Waals surface area contributed by atoms with Gasteiger partial charge < -0.3 is 9.80 Å². The van der Waals surface area contributed by atoms with Crippen LogP contribution in [0.5, 0.6) is 0 Å². The number of likely N-dealkylation sites (tertiary alicyclic amines) is 2. The number of amides is 1. The van der Waals surface area contributed by atoms with Crippen molar-refractivity contribution < 1.29 is 4.79 Å². The maximum Gasteiger partial charge on any atom is 0.229 e. The van der Waals surface area contributed by atoms with Gasteiger partial charge in [-0.3, -0.25) is 4.79 Å². The lowest BCUT2D eigenvalue weighted by atomic mass is 9.78. The van der Waals surface area contributed by atoms with Crippen molar-refractivity contribution >= 4 is 5.91 Å². The molecule has 1 spiro atoms. The minimum absolute atomic E-state index is 0.0122. The molecule has 0 N–H and O–H groups in total. The summed E-state index contributed by atoms with van der Waals surface area (Å²) in [6, 6.07) is 0. The Labute approximate surface area is 79.7 Å². The van der Waals surface area contributed by atoms with E-state index in [1.54, 1.807) is 0 Å². The monoisotopic (exact) mass is 182 g/mol. The van der Waals surface area contributed by atoms with Gasteiger partial charge in [0.1, 0.15) is 0 Å². The quantitative estimate of drug-likeness (QED) is 0.546. The van der Waals surface area contributed by atoms with Gasteiger partial charge >= 0.3 is 0 Å². The third-order valence-corrected chi connectivity index (χ3v) is 3.49. The first-order valence-corrected chi connectivity index (χ1v) is 5.08. The molecule has 0 radical (unpaired) electrons. The van der Waals surface area contributed by atoms with Gasteiger partial charge in [0.05, 0.1) is 5.41 Å². The van der Waals surface area contributed by atoms with Crippen molar-refractivity contribution in [2.45, 2.75) is 19.3 Å². The molecule has 0 aromatic carbocycles. The van der Waals surface area contributed by atoms with E-state index in [1.165, 1.54) is 6.42 Å². The molecule has 3 heteroatoms. The highest BCUT2D eigenvalue weighted by molar-refractivity contribution is 5.83. The van der Waals surface area contributed by atoms with E-state index in [4.69, 9.17) is 0 Å². The Bertz CT molecular complexity index is 225. The average Bonchev–Trinajstić information content (AvgIpc) is 2.45. The normalized spacial score (nSPS) is 36.2. The van der Waals surface area contributed by atoms with Crippen LogP contribution in [0.25, 0.3) is 0 Å². The Morgan fingerprint density at radius 1 is 1.23 bits per heavy atom. The second-order valence-corrected chi connectivity index (χ2v) is 4.60. The van der Waals surface area contributed by atoms with Crippen LogP contribution < -0.4 is 0 Å². The highest BCUT2D eigenvalue weighted by Crippen LogP contribution is 2.38. The maximum atomic E-state index is 12.0. The molecule has 0 saturated carbocycles. The average molecular weight is 182 g/mol. The summed E-state index contributed by atoms with van der Waals surface area (Å²) < 4.78 is 0. The van der Waals surface area contributed by atoms with Crippen LogP contribution in [0, 0.1) is 5.41 Å². The molecule has 1 amide bonds. The molecule has 1 unspecified atom stereocenters. The summed E-state index contributed by atoms with van der Waals surface area (Å²) in [5, 5.41) is 0. The SMILES string of the molecule is CN1CCC2(CCCN(C)C2=O)C1. The van der Waals surface area contributed by atoms with Gasteiger partial charge in [-0.1, -0.05) is 0 Å². The first kappa shape index (κ1) is 9.00. The van der Waals surface area contributed by atoms with Crippen molar-refractivity contribution in [1.82, 2.24) is 9.80 Å². The molecule has 1 atom stereocenters. The number of carbonyl (C=O) groups is 1. The molecule has 2 rings (SSSR count). The maximum absolute atomic E-state index is 12.0. The van der Waals surface area contributed by atoms with Crippen LogP contribution in [0.4, 0.5) is 0 Å². The summed E-state index contributed by atoms with van der Waals surface area (Å²) in [6.07, 6.45) is 3.34. The second-order valence-electron chi connectivity index (χ2n) is 4.60. The lowest BCUT2D eigenvalue weighted by Gasteiger charge is -2.37. The van der Waals surface area contributed by atoms with Gasteiger partial charge in [0, 0.05) is 20.1 Å². The molecule has 0 bridgehead atoms. The lowest BCUT2D eigenvalue weighted by molar-refractivity contribution is -0.143. The highest BCUT2D eigenvalue weighted by atomic mass is 16.2. The fraction of sp³-hybridized carbons (Fsp3) is 0.900. The van der Waals surface area contributed by atoms with Crippen molar-refractivity contribution in [2.75, 3.05) is 33.7 Å². The summed E-state index contributed by atoms with van der Waals surface area (Å²) in [7, 11) is 4.04. The van der Waals surface area contributed by atoms with Crippen LogP contribution in [-0.4, -0.2) is 49.4 Å². The number of piperidine rings is 1. The fourth-order valence-corrected chi connectivity index (χ4v) is 2.73. The number of carbonyl (C=O) groups excluding carboxylic acids is 1. The lowest BCUT2D eigenvalue weighted by Crippen LogP contribution is -2.48. The van der Waals surface area contributed by atoms with E-state index in [2.05, 4.69) is 11.9 Å². The Kier molecular flexibility index (Phi) is 2.06. The van der Waals surface area contributed by atoms with Crippen LogP contribution >= 0.6 is 0 Å². The van der Waals surface area contributed by atoms with Crippen molar-refractivity contribution in [1.29, 1.82) is 0 Å². The van der Waals surface area contributed by atoms with Crippen molar-refractivity contribution in [3.8, 4) is 0 Å². The molecule has 3 nitrogen and oxygen atoms in total. The van der Waals surface area contributed by atoms with E-state index in [1.807, 2.05) is 11.9 Å². The molecular formula is C10H18N2O. The molecule has 0 aromatic heterocycles. The van der Waals surface area contributed by atoms with Gasteiger partial charge in [0.2, 0.25) is 5.91 Å². The smallest absolute Gasteiger partial charge is 0.229 e. The molecule has 2 fully saturated rings. The van der Waals surface area contributed by atoms with Crippen LogP contribution in [0.3, 0.4) is 0 Å². The van der Waals surface area contributed by atoms with E-state index >= 15 is 0 Å². The Balaban J connectivity index is 2.16. The van der Waals surface area contributed by atoms with Crippen LogP contribution in [-0.2, 0) is 4.79 Å². The molecular weight excluding hydrogens is 164 g/mol. The van der Waals surface area contributed by atoms with Gasteiger partial charge in [0.25, 0.3) is 0 Å². The summed E-state index contributed by atoms with van der Waals surface area (Å²) in [5.74, 6) is 0.378. The summed E-state index contributed by atoms with van der Waals surface area (Å²) in [5.41, 5.74) is -0.0122. The Morgan fingerprint density at radius 2 is 2.00 bits per heavy atom. The van der Waals surface area contributed by atoms with E-state index in [9.17, 15) is 4.79 Å². The van der Waals surface area contributed by atoms with Gasteiger partial charge in [-0.25, -0.2) is 0 Å². The zero-order chi connectivity index (χ0) is 9.47. The van der Waals surface area contributed by atoms with Gasteiger partial charge in [-0.15, -0.1) is 0 Å². The topological polar surface area (TPSA) is 23.6 Å². The third-order valence-electron chi connectivity index (χ3n) is 3.49. The predicted molar refractivity (Wildman–Crippen MR) is 51.4 cm³/mol. The number of nitrogens with zero attached hydrogens (tertiary/aromatic N) is 2. The minimum atomic E-state index is -0.0122. The predicted octanol–water partition coefficient (Wildman–Crippen LogP) is 0.560. The summed E-state index contributed by atoms with van der Waals surface area (Å²) in [4.78, 5) is 16.2. The van der Waals surface area contributed by atoms with E-state index in [0.717, 1.165) is 32.5 Å². The minimum Gasteiger partial charge on any atom is -0.345 e. The molecule has 2 aliphatic rings. The summed E-state index contributed by atoms with van der Waals surface area (Å²) in [6.45, 7) is 3.00. The Morgan fingerprint density at radius 3 is 2.62 bits per heavy atom. The molecule has 74 valence electrons. The number of hydrogen-bond acceptors (Lipinski definition) is 2. The van der Waals surface area contributed by atoms with E-state index in [-0.39, 0.29) is 5.41 Å². The highest BCUT2D eigenvalue weighted by Gasteiger charge is 2.46. The van der Waals surface area contributed by atoms with Crippen LogP contribution in [0.15, 0.2) is 0 Å². The number of hydrogen-bond donors (Lipinski definition) is 0. The standard InChI is InChI=1S/C10H18N2O/c1-11-7-5-10(8-11)4-3-6-12(2)9(10)13/h3-8H2,1-2H3. The molecule has 13 heavy (non-hydrogen) atoms. The van der Waals surface area contributed by atoms with Gasteiger partial charge in [-0.05, 0) is 32.9 Å². The molecule has 2 heterocycles. The zero-order valence-electron chi connectivity index (χ0n) is 8.55.